The second-order valence-electron chi connectivity index (χ2n) is 3.94. The van der Waals surface area contributed by atoms with Gasteiger partial charge in [0.25, 0.3) is 0 Å². The highest BCUT2D eigenvalue weighted by Crippen LogP contribution is 2.51. The number of halogens is 1. The van der Waals surface area contributed by atoms with Gasteiger partial charge in [-0.15, -0.1) is 0 Å². The zero-order valence-corrected chi connectivity index (χ0v) is 10.2. The van der Waals surface area contributed by atoms with Crippen molar-refractivity contribution in [2.24, 2.45) is 5.90 Å². The fraction of sp³-hybridized carbons (Fsp3) is 0.455. The Labute approximate surface area is 97.6 Å². The van der Waals surface area contributed by atoms with Crippen LogP contribution in [0.4, 0.5) is 0 Å². The van der Waals surface area contributed by atoms with Crippen LogP contribution < -0.4 is 10.6 Å². The molecule has 3 nitrogen and oxygen atoms in total. The molecular formula is C11H14BrNO2. The zero-order valence-electron chi connectivity index (χ0n) is 8.63. The largest absolute Gasteiger partial charge is 0.496 e. The molecule has 0 spiro atoms. The summed E-state index contributed by atoms with van der Waals surface area (Å²) in [5.74, 6) is 6.08. The summed E-state index contributed by atoms with van der Waals surface area (Å²) in [6, 6.07) is 6.03. The van der Waals surface area contributed by atoms with Gasteiger partial charge < -0.3 is 9.57 Å². The minimum absolute atomic E-state index is 0.0733. The molecule has 1 saturated carbocycles. The molecule has 0 saturated heterocycles. The Hall–Kier alpha value is -0.580. The molecule has 1 fully saturated rings. The van der Waals surface area contributed by atoms with Crippen LogP contribution in [0.1, 0.15) is 18.4 Å². The van der Waals surface area contributed by atoms with Crippen LogP contribution in [0, 0.1) is 0 Å². The van der Waals surface area contributed by atoms with Crippen LogP contribution in [0.5, 0.6) is 5.75 Å². The normalized spacial score (nSPS) is 17.5. The van der Waals surface area contributed by atoms with E-state index in [2.05, 4.69) is 22.0 Å². The van der Waals surface area contributed by atoms with Gasteiger partial charge in [-0.25, -0.2) is 5.90 Å². The summed E-state index contributed by atoms with van der Waals surface area (Å²) in [5.41, 5.74) is 1.26. The Morgan fingerprint density at radius 1 is 1.47 bits per heavy atom. The van der Waals surface area contributed by atoms with Crippen molar-refractivity contribution in [3.8, 4) is 5.75 Å². The van der Waals surface area contributed by atoms with Crippen LogP contribution in [-0.4, -0.2) is 13.7 Å². The number of hydrogen-bond acceptors (Lipinski definition) is 3. The van der Waals surface area contributed by atoms with Crippen molar-refractivity contribution in [2.45, 2.75) is 18.3 Å². The number of nitrogens with two attached hydrogens (primary N) is 1. The lowest BCUT2D eigenvalue weighted by Gasteiger charge is -2.17. The summed E-state index contributed by atoms with van der Waals surface area (Å²) in [6.45, 7) is 0.555. The zero-order chi connectivity index (χ0) is 10.9. The molecule has 4 heteroatoms. The van der Waals surface area contributed by atoms with E-state index in [9.17, 15) is 0 Å². The average molecular weight is 272 g/mol. The van der Waals surface area contributed by atoms with E-state index in [0.29, 0.717) is 6.61 Å². The molecule has 2 N–H and O–H groups in total. The predicted octanol–water partition coefficient (Wildman–Crippen LogP) is 2.38. The van der Waals surface area contributed by atoms with E-state index in [1.165, 1.54) is 5.56 Å². The molecule has 1 aromatic carbocycles. The Morgan fingerprint density at radius 2 is 2.20 bits per heavy atom. The molecule has 0 aliphatic heterocycles. The number of benzene rings is 1. The van der Waals surface area contributed by atoms with Gasteiger partial charge in [0.2, 0.25) is 0 Å². The van der Waals surface area contributed by atoms with Crippen molar-refractivity contribution in [2.75, 3.05) is 13.7 Å². The standard InChI is InChI=1S/C11H14BrNO2/c1-14-10-3-2-8(12)6-9(10)11(4-5-11)7-15-13/h2-3,6H,4-5,7,13H2,1H3. The van der Waals surface area contributed by atoms with E-state index < -0.39 is 0 Å². The molecule has 0 atom stereocenters. The first-order valence-corrected chi connectivity index (χ1v) is 5.67. The molecule has 0 radical (unpaired) electrons. The summed E-state index contributed by atoms with van der Waals surface area (Å²) in [4.78, 5) is 4.79. The summed E-state index contributed by atoms with van der Waals surface area (Å²) < 4.78 is 6.41. The van der Waals surface area contributed by atoms with E-state index in [4.69, 9.17) is 15.5 Å². The smallest absolute Gasteiger partial charge is 0.122 e. The van der Waals surface area contributed by atoms with Gasteiger partial charge in [0, 0.05) is 15.5 Å². The first-order valence-electron chi connectivity index (χ1n) is 4.87. The maximum atomic E-state index is 5.36. The lowest BCUT2D eigenvalue weighted by Crippen LogP contribution is -2.18. The number of hydrogen-bond donors (Lipinski definition) is 1. The number of methoxy groups -OCH3 is 1. The molecule has 0 unspecified atom stereocenters. The van der Waals surface area contributed by atoms with Crippen LogP contribution >= 0.6 is 15.9 Å². The van der Waals surface area contributed by atoms with E-state index in [-0.39, 0.29) is 5.41 Å². The lowest BCUT2D eigenvalue weighted by atomic mass is 9.96. The number of ether oxygens (including phenoxy) is 1. The topological polar surface area (TPSA) is 44.5 Å². The molecule has 0 heterocycles. The van der Waals surface area contributed by atoms with E-state index >= 15 is 0 Å². The SMILES string of the molecule is COc1ccc(Br)cc1C1(CON)CC1. The summed E-state index contributed by atoms with van der Waals surface area (Å²) in [6.07, 6.45) is 2.22. The molecule has 82 valence electrons. The van der Waals surface area contributed by atoms with Gasteiger partial charge in [0.05, 0.1) is 13.7 Å². The third-order valence-electron chi connectivity index (χ3n) is 2.95. The first kappa shape index (κ1) is 10.9. The second kappa shape index (κ2) is 4.12. The fourth-order valence-corrected chi connectivity index (χ4v) is 2.26. The maximum Gasteiger partial charge on any atom is 0.122 e. The van der Waals surface area contributed by atoms with Crippen molar-refractivity contribution < 1.29 is 9.57 Å². The second-order valence-corrected chi connectivity index (χ2v) is 4.85. The lowest BCUT2D eigenvalue weighted by molar-refractivity contribution is 0.115. The van der Waals surface area contributed by atoms with Crippen molar-refractivity contribution in [1.29, 1.82) is 0 Å². The summed E-state index contributed by atoms with van der Waals surface area (Å²) in [7, 11) is 1.69. The molecule has 15 heavy (non-hydrogen) atoms. The predicted molar refractivity (Wildman–Crippen MR) is 61.7 cm³/mol. The van der Waals surface area contributed by atoms with Crippen molar-refractivity contribution in [3.63, 3.8) is 0 Å². The van der Waals surface area contributed by atoms with Gasteiger partial charge in [-0.1, -0.05) is 15.9 Å². The van der Waals surface area contributed by atoms with Gasteiger partial charge in [0.1, 0.15) is 5.75 Å². The van der Waals surface area contributed by atoms with Crippen LogP contribution in [0.15, 0.2) is 22.7 Å². The average Bonchev–Trinajstić information content (AvgIpc) is 2.99. The molecule has 0 bridgehead atoms. The van der Waals surface area contributed by atoms with E-state index in [0.717, 1.165) is 23.1 Å². The van der Waals surface area contributed by atoms with Crippen LogP contribution in [0.25, 0.3) is 0 Å². The number of rotatable bonds is 4. The minimum Gasteiger partial charge on any atom is -0.496 e. The molecule has 0 amide bonds. The van der Waals surface area contributed by atoms with Crippen molar-refractivity contribution in [1.82, 2.24) is 0 Å². The van der Waals surface area contributed by atoms with Gasteiger partial charge in [-0.3, -0.25) is 0 Å². The monoisotopic (exact) mass is 271 g/mol. The third-order valence-corrected chi connectivity index (χ3v) is 3.44. The van der Waals surface area contributed by atoms with Crippen molar-refractivity contribution >= 4 is 15.9 Å². The van der Waals surface area contributed by atoms with Crippen molar-refractivity contribution in [3.05, 3.63) is 28.2 Å². The fourth-order valence-electron chi connectivity index (χ4n) is 1.90. The highest BCUT2D eigenvalue weighted by molar-refractivity contribution is 9.10. The quantitative estimate of drug-likeness (QED) is 0.856. The summed E-state index contributed by atoms with van der Waals surface area (Å²) in [5, 5.41) is 0. The van der Waals surface area contributed by atoms with Gasteiger partial charge in [-0.05, 0) is 31.0 Å². The molecule has 1 aromatic rings. The third kappa shape index (κ3) is 2.02. The van der Waals surface area contributed by atoms with Gasteiger partial charge in [-0.2, -0.15) is 0 Å². The molecule has 0 aromatic heterocycles. The Morgan fingerprint density at radius 3 is 2.73 bits per heavy atom. The van der Waals surface area contributed by atoms with Gasteiger partial charge >= 0.3 is 0 Å². The van der Waals surface area contributed by atoms with E-state index in [1.807, 2.05) is 12.1 Å². The first-order chi connectivity index (χ1) is 7.22. The van der Waals surface area contributed by atoms with Crippen LogP contribution in [0.3, 0.4) is 0 Å². The minimum atomic E-state index is 0.0733. The molecule has 1 aliphatic rings. The molecule has 1 aliphatic carbocycles. The van der Waals surface area contributed by atoms with E-state index in [1.54, 1.807) is 7.11 Å². The Bertz CT molecular complexity index is 364. The Balaban J connectivity index is 2.37. The summed E-state index contributed by atoms with van der Waals surface area (Å²) >= 11 is 3.47. The Kier molecular flexibility index (Phi) is 3.00. The highest BCUT2D eigenvalue weighted by Gasteiger charge is 2.46. The highest BCUT2D eigenvalue weighted by atomic mass is 79.9. The molecular weight excluding hydrogens is 258 g/mol. The van der Waals surface area contributed by atoms with Crippen LogP contribution in [-0.2, 0) is 10.3 Å². The molecule has 2 rings (SSSR count). The van der Waals surface area contributed by atoms with Gasteiger partial charge in [0.15, 0.2) is 0 Å². The maximum absolute atomic E-state index is 5.36. The van der Waals surface area contributed by atoms with Crippen LogP contribution in [0.2, 0.25) is 0 Å².